The van der Waals surface area contributed by atoms with Gasteiger partial charge in [0.1, 0.15) is 0 Å². The van der Waals surface area contributed by atoms with Crippen LogP contribution in [-0.4, -0.2) is 51.1 Å². The summed E-state index contributed by atoms with van der Waals surface area (Å²) in [4.78, 5) is 0. The molecule has 1 aromatic carbocycles. The number of hydrogen-bond donors (Lipinski definition) is 0. The maximum atomic E-state index is 11.8. The Hall–Kier alpha value is -0.0700. The molecule has 0 aliphatic rings. The van der Waals surface area contributed by atoms with Crippen molar-refractivity contribution >= 4 is 45.5 Å². The van der Waals surface area contributed by atoms with Gasteiger partial charge in [0.25, 0.3) is 0 Å². The van der Waals surface area contributed by atoms with E-state index in [9.17, 15) is 8.42 Å². The van der Waals surface area contributed by atoms with Gasteiger partial charge in [-0.3, -0.25) is 4.18 Å². The van der Waals surface area contributed by atoms with E-state index in [-0.39, 0.29) is 36.2 Å². The Balaban J connectivity index is 0.00000256. The number of hydrogen-bond acceptors (Lipinski definition) is 3. The molecule has 1 aromatic rings. The first-order chi connectivity index (χ1) is 7.61. The fourth-order valence-corrected chi connectivity index (χ4v) is 2.52. The second-order valence-corrected chi connectivity index (χ2v) is 4.81. The van der Waals surface area contributed by atoms with Crippen molar-refractivity contribution in [2.45, 2.75) is 20.3 Å². The van der Waals surface area contributed by atoms with Gasteiger partial charge in [-0.15, -0.1) is 0 Å². The van der Waals surface area contributed by atoms with Crippen LogP contribution in [-0.2, 0) is 14.5 Å². The normalized spacial score (nSPS) is 10.7. The summed E-state index contributed by atoms with van der Waals surface area (Å²) in [5, 5.41) is 0. The predicted octanol–water partition coefficient (Wildman–Crippen LogP) is 1.80. The zero-order chi connectivity index (χ0) is 12.0. The largest absolute Gasteiger partial charge is 0.362 e. The molecule has 0 heterocycles. The first-order valence-corrected chi connectivity index (χ1v) is 6.70. The Kier molecular flexibility index (Phi) is 8.07. The molecule has 0 bridgehead atoms. The molecular formula is C11H17NNaO3S. The van der Waals surface area contributed by atoms with Crippen molar-refractivity contribution in [3.8, 4) is 0 Å². The van der Waals surface area contributed by atoms with Crippen LogP contribution in [0.4, 0.5) is 5.69 Å². The topological polar surface area (TPSA) is 46.6 Å². The minimum absolute atomic E-state index is 0. The minimum Gasteiger partial charge on any atom is -0.254 e. The van der Waals surface area contributed by atoms with Crippen LogP contribution in [0.3, 0.4) is 0 Å². The van der Waals surface area contributed by atoms with Crippen LogP contribution in [0.2, 0.25) is 0 Å². The van der Waals surface area contributed by atoms with Gasteiger partial charge in [-0.25, -0.2) is 4.31 Å². The molecule has 91 valence electrons. The third-order valence-electron chi connectivity index (χ3n) is 2.04. The maximum absolute atomic E-state index is 11.8. The molecule has 0 N–H and O–H groups in total. The summed E-state index contributed by atoms with van der Waals surface area (Å²) in [6, 6.07) is 8.93. The van der Waals surface area contributed by atoms with Crippen LogP contribution >= 0.6 is 0 Å². The molecule has 1 radical (unpaired) electrons. The van der Waals surface area contributed by atoms with Crippen LogP contribution in [0.5, 0.6) is 0 Å². The number of anilines is 1. The Labute approximate surface area is 126 Å². The molecule has 0 atom stereocenters. The number of nitrogens with zero attached hydrogens (tertiary/aromatic N) is 1. The summed E-state index contributed by atoms with van der Waals surface area (Å²) >= 11 is 0. The van der Waals surface area contributed by atoms with E-state index in [1.54, 1.807) is 31.2 Å². The Morgan fingerprint density at radius 3 is 2.24 bits per heavy atom. The van der Waals surface area contributed by atoms with Gasteiger partial charge in [0.15, 0.2) is 0 Å². The fourth-order valence-electron chi connectivity index (χ4n) is 1.32. The Morgan fingerprint density at radius 2 is 1.76 bits per heavy atom. The van der Waals surface area contributed by atoms with E-state index in [1.807, 2.05) is 13.0 Å². The molecule has 4 nitrogen and oxygen atoms in total. The molecule has 17 heavy (non-hydrogen) atoms. The monoisotopic (exact) mass is 266 g/mol. The third kappa shape index (κ3) is 4.97. The van der Waals surface area contributed by atoms with Crippen molar-refractivity contribution in [3.05, 3.63) is 30.3 Å². The summed E-state index contributed by atoms with van der Waals surface area (Å²) in [5.74, 6) is 0. The van der Waals surface area contributed by atoms with Gasteiger partial charge < -0.3 is 0 Å². The average Bonchev–Trinajstić information content (AvgIpc) is 2.28. The third-order valence-corrected chi connectivity index (χ3v) is 3.51. The van der Waals surface area contributed by atoms with Gasteiger partial charge in [0.2, 0.25) is 0 Å². The second-order valence-electron chi connectivity index (χ2n) is 3.28. The van der Waals surface area contributed by atoms with Crippen LogP contribution in [0.1, 0.15) is 20.3 Å². The van der Waals surface area contributed by atoms with E-state index in [1.165, 1.54) is 4.31 Å². The van der Waals surface area contributed by atoms with E-state index in [2.05, 4.69) is 0 Å². The van der Waals surface area contributed by atoms with Crippen molar-refractivity contribution < 1.29 is 12.6 Å². The van der Waals surface area contributed by atoms with Crippen LogP contribution in [0, 0.1) is 0 Å². The van der Waals surface area contributed by atoms with Crippen LogP contribution < -0.4 is 4.31 Å². The van der Waals surface area contributed by atoms with Gasteiger partial charge >= 0.3 is 10.3 Å². The molecule has 0 spiro atoms. The average molecular weight is 266 g/mol. The summed E-state index contributed by atoms with van der Waals surface area (Å²) in [5.41, 5.74) is 0.626. The summed E-state index contributed by atoms with van der Waals surface area (Å²) in [6.07, 6.45) is 0.672. The molecule has 0 aliphatic heterocycles. The Morgan fingerprint density at radius 1 is 1.18 bits per heavy atom. The van der Waals surface area contributed by atoms with Crippen molar-refractivity contribution in [3.63, 3.8) is 0 Å². The molecule has 0 fully saturated rings. The standard InChI is InChI=1S/C11H17NO3S.Na/c1-3-10-15-16(13,14)12(4-2)11-8-6-5-7-9-11;/h5-9H,3-4,10H2,1-2H3;. The van der Waals surface area contributed by atoms with Crippen molar-refractivity contribution in [1.82, 2.24) is 0 Å². The zero-order valence-electron chi connectivity index (χ0n) is 10.6. The first-order valence-electron chi connectivity index (χ1n) is 5.34. The van der Waals surface area contributed by atoms with E-state index >= 15 is 0 Å². The quantitative estimate of drug-likeness (QED) is 0.738. The van der Waals surface area contributed by atoms with E-state index in [0.29, 0.717) is 18.7 Å². The van der Waals surface area contributed by atoms with E-state index in [4.69, 9.17) is 4.18 Å². The van der Waals surface area contributed by atoms with Crippen LogP contribution in [0.25, 0.3) is 0 Å². The molecule has 0 unspecified atom stereocenters. The van der Waals surface area contributed by atoms with Gasteiger partial charge in [-0.05, 0) is 25.5 Å². The van der Waals surface area contributed by atoms with Crippen molar-refractivity contribution in [1.29, 1.82) is 0 Å². The number of benzene rings is 1. The molecule has 0 aromatic heterocycles. The molecule has 0 saturated heterocycles. The summed E-state index contributed by atoms with van der Waals surface area (Å²) < 4.78 is 29.8. The molecule has 0 saturated carbocycles. The van der Waals surface area contributed by atoms with E-state index < -0.39 is 10.3 Å². The van der Waals surface area contributed by atoms with E-state index in [0.717, 1.165) is 0 Å². The minimum atomic E-state index is -3.65. The predicted molar refractivity (Wildman–Crippen MR) is 70.4 cm³/mol. The Bertz CT molecular complexity index is 408. The summed E-state index contributed by atoms with van der Waals surface area (Å²) in [6.45, 7) is 4.22. The SMILES string of the molecule is CCCOS(=O)(=O)N(CC)c1ccccc1.[Na]. The smallest absolute Gasteiger partial charge is 0.254 e. The van der Waals surface area contributed by atoms with Gasteiger partial charge in [-0.2, -0.15) is 8.42 Å². The molecule has 0 aliphatic carbocycles. The van der Waals surface area contributed by atoms with Crippen LogP contribution in [0.15, 0.2) is 30.3 Å². The maximum Gasteiger partial charge on any atom is 0.362 e. The second kappa shape index (κ2) is 8.11. The van der Waals surface area contributed by atoms with Gasteiger partial charge in [0, 0.05) is 36.1 Å². The molecule has 6 heteroatoms. The first kappa shape index (κ1) is 16.9. The zero-order valence-corrected chi connectivity index (χ0v) is 13.4. The van der Waals surface area contributed by atoms with Gasteiger partial charge in [0.05, 0.1) is 12.3 Å². The fraction of sp³-hybridized carbons (Fsp3) is 0.455. The summed E-state index contributed by atoms with van der Waals surface area (Å²) in [7, 11) is -3.65. The van der Waals surface area contributed by atoms with Crippen molar-refractivity contribution in [2.24, 2.45) is 0 Å². The number of rotatable bonds is 6. The number of para-hydroxylation sites is 1. The molecular weight excluding hydrogens is 249 g/mol. The molecule has 0 amide bonds. The van der Waals surface area contributed by atoms with Crippen molar-refractivity contribution in [2.75, 3.05) is 17.5 Å². The molecule has 1 rings (SSSR count). The van der Waals surface area contributed by atoms with Gasteiger partial charge in [-0.1, -0.05) is 25.1 Å².